The molecule has 0 saturated heterocycles. The van der Waals surface area contributed by atoms with E-state index in [1.54, 1.807) is 17.8 Å². The second-order valence-electron chi connectivity index (χ2n) is 12.0. The van der Waals surface area contributed by atoms with Crippen LogP contribution >= 0.6 is 23.4 Å². The van der Waals surface area contributed by atoms with Crippen LogP contribution in [0.25, 0.3) is 22.5 Å². The second kappa shape index (κ2) is 18.0. The Morgan fingerprint density at radius 3 is 2.47 bits per heavy atom. The minimum absolute atomic E-state index is 0. The van der Waals surface area contributed by atoms with Gasteiger partial charge in [-0.3, -0.25) is 4.79 Å². The number of halogens is 1. The van der Waals surface area contributed by atoms with Gasteiger partial charge in [-0.15, -0.1) is 0 Å². The molecule has 0 radical (unpaired) electrons. The normalized spacial score (nSPS) is 14.6. The quantitative estimate of drug-likeness (QED) is 0.146. The molecule has 9 heteroatoms. The van der Waals surface area contributed by atoms with Gasteiger partial charge in [0, 0.05) is 22.8 Å². The number of hydrogen-bond donors (Lipinski definition) is 2. The van der Waals surface area contributed by atoms with Crippen molar-refractivity contribution >= 4 is 35.2 Å². The number of rotatable bonds is 14. The maximum absolute atomic E-state index is 13.7. The Kier molecular flexibility index (Phi) is 14.1. The first-order valence-electron chi connectivity index (χ1n) is 16.0. The van der Waals surface area contributed by atoms with E-state index in [9.17, 15) is 14.7 Å². The van der Waals surface area contributed by atoms with Crippen LogP contribution in [-0.2, 0) is 9.53 Å². The molecule has 1 amide bonds. The third-order valence-electron chi connectivity index (χ3n) is 8.79. The fourth-order valence-corrected chi connectivity index (χ4v) is 6.78. The number of carboxylic acid groups (broad SMARTS) is 1. The van der Waals surface area contributed by atoms with Crippen molar-refractivity contribution < 1.29 is 44.1 Å². The number of carbonyl (C=O) groups excluding carboxylic acids is 1. The molecule has 1 aliphatic carbocycles. The third-order valence-corrected chi connectivity index (χ3v) is 9.69. The average Bonchev–Trinajstić information content (AvgIpc) is 3.55. The minimum Gasteiger partial charge on any atom is -1.00 e. The molecular formula is C38H43ClLiNO5S. The fraction of sp³-hybridized carbons (Fsp3) is 0.368. The van der Waals surface area contributed by atoms with E-state index >= 15 is 0 Å². The zero-order chi connectivity index (χ0) is 32.5. The van der Waals surface area contributed by atoms with Crippen molar-refractivity contribution in [3.63, 3.8) is 0 Å². The smallest absolute Gasteiger partial charge is 1.00 e. The molecule has 1 saturated carbocycles. The van der Waals surface area contributed by atoms with Crippen LogP contribution in [0.5, 0.6) is 0 Å². The standard InChI is InChI=1S/C38H42ClNO5S.Li.H/c1-25-8-6-7-11-30(25)32-24-28(14-17-31(32)37(41)40-33(38(42)43)21-23-46-2)36(44-22-20-26-9-4-3-5-10-26)35-19-18-34(45-35)27-12-15-29(39)16-13-27;;/h6-8,11-19,24,26,33,36H,3-5,9-10,20-23H2,1-2H3,(H,40,41)(H,42,43);;/q;+1;-1. The molecule has 0 spiro atoms. The number of aliphatic carboxylic acids is 1. The summed E-state index contributed by atoms with van der Waals surface area (Å²) in [6.45, 7) is 2.59. The fourth-order valence-electron chi connectivity index (χ4n) is 6.18. The van der Waals surface area contributed by atoms with Crippen LogP contribution in [-0.4, -0.2) is 41.6 Å². The van der Waals surface area contributed by atoms with E-state index in [0.29, 0.717) is 52.4 Å². The Labute approximate surface area is 300 Å². The van der Waals surface area contributed by atoms with E-state index in [0.717, 1.165) is 28.7 Å². The van der Waals surface area contributed by atoms with E-state index in [1.807, 2.05) is 86.0 Å². The number of furan rings is 1. The zero-order valence-electron chi connectivity index (χ0n) is 28.5. The molecular weight excluding hydrogens is 625 g/mol. The number of carboxylic acids is 1. The Morgan fingerprint density at radius 1 is 1.02 bits per heavy atom. The molecule has 1 fully saturated rings. The predicted octanol–water partition coefficient (Wildman–Crippen LogP) is 6.70. The molecule has 4 aromatic rings. The number of aryl methyl sites for hydroxylation is 1. The van der Waals surface area contributed by atoms with Crippen LogP contribution in [0.4, 0.5) is 0 Å². The molecule has 2 N–H and O–H groups in total. The second-order valence-corrected chi connectivity index (χ2v) is 13.4. The zero-order valence-corrected chi connectivity index (χ0v) is 29.0. The van der Waals surface area contributed by atoms with Gasteiger partial charge in [0.2, 0.25) is 0 Å². The van der Waals surface area contributed by atoms with Crippen LogP contribution in [0.15, 0.2) is 83.3 Å². The van der Waals surface area contributed by atoms with Crippen molar-refractivity contribution in [1.29, 1.82) is 0 Å². The van der Waals surface area contributed by atoms with Crippen LogP contribution < -0.4 is 24.2 Å². The number of hydrogen-bond acceptors (Lipinski definition) is 5. The summed E-state index contributed by atoms with van der Waals surface area (Å²) in [5, 5.41) is 13.2. The maximum Gasteiger partial charge on any atom is 1.00 e. The molecule has 0 bridgehead atoms. The van der Waals surface area contributed by atoms with E-state index < -0.39 is 24.0 Å². The average molecular weight is 668 g/mol. The van der Waals surface area contributed by atoms with Crippen LogP contribution in [0.2, 0.25) is 5.02 Å². The van der Waals surface area contributed by atoms with Gasteiger partial charge in [-0.2, -0.15) is 11.8 Å². The predicted molar refractivity (Wildman–Crippen MR) is 188 cm³/mol. The number of thioether (sulfide) groups is 1. The third kappa shape index (κ3) is 9.81. The number of carbonyl (C=O) groups is 2. The summed E-state index contributed by atoms with van der Waals surface area (Å²) in [6.07, 6.45) is 9.09. The monoisotopic (exact) mass is 667 g/mol. The number of amides is 1. The number of benzene rings is 3. The summed E-state index contributed by atoms with van der Waals surface area (Å²) in [6, 6.07) is 24.0. The molecule has 244 valence electrons. The molecule has 0 aliphatic heterocycles. The van der Waals surface area contributed by atoms with Crippen molar-refractivity contribution in [3.05, 3.63) is 106 Å². The maximum atomic E-state index is 13.7. The van der Waals surface area contributed by atoms with Crippen molar-refractivity contribution in [1.82, 2.24) is 5.32 Å². The Balaban J connectivity index is 0.00000312. The van der Waals surface area contributed by atoms with E-state index in [-0.39, 0.29) is 20.3 Å². The van der Waals surface area contributed by atoms with Gasteiger partial charge in [-0.1, -0.05) is 74.0 Å². The van der Waals surface area contributed by atoms with E-state index in [2.05, 4.69) is 5.32 Å². The Hall–Kier alpha value is -2.92. The Bertz CT molecular complexity index is 1630. The van der Waals surface area contributed by atoms with Gasteiger partial charge < -0.3 is 21.0 Å². The first-order chi connectivity index (χ1) is 22.3. The summed E-state index contributed by atoms with van der Waals surface area (Å²) in [7, 11) is 0. The van der Waals surface area contributed by atoms with Gasteiger partial charge >= 0.3 is 24.8 Å². The first kappa shape index (κ1) is 36.9. The van der Waals surface area contributed by atoms with E-state index in [4.69, 9.17) is 20.8 Å². The van der Waals surface area contributed by atoms with Crippen molar-refractivity contribution in [3.8, 4) is 22.5 Å². The van der Waals surface area contributed by atoms with Gasteiger partial charge in [0.05, 0.1) is 0 Å². The number of nitrogens with one attached hydrogen (secondary N) is 1. The van der Waals surface area contributed by atoms with Crippen LogP contribution in [0.1, 0.15) is 79.7 Å². The molecule has 2 atom stereocenters. The van der Waals surface area contributed by atoms with Gasteiger partial charge in [0.15, 0.2) is 0 Å². The topological polar surface area (TPSA) is 88.8 Å². The summed E-state index contributed by atoms with van der Waals surface area (Å²) < 4.78 is 13.1. The largest absolute Gasteiger partial charge is 1.00 e. The molecule has 47 heavy (non-hydrogen) atoms. The molecule has 6 nitrogen and oxygen atoms in total. The molecule has 1 aliphatic rings. The number of ether oxygens (including phenoxy) is 1. The summed E-state index contributed by atoms with van der Waals surface area (Å²) in [5.74, 6) is 1.21. The molecule has 2 unspecified atom stereocenters. The Morgan fingerprint density at radius 2 is 1.77 bits per heavy atom. The summed E-state index contributed by atoms with van der Waals surface area (Å²) >= 11 is 7.67. The van der Waals surface area contributed by atoms with Crippen molar-refractivity contribution in [2.45, 2.75) is 64.0 Å². The molecule has 5 rings (SSSR count). The molecule has 1 heterocycles. The molecule has 3 aromatic carbocycles. The van der Waals surface area contributed by atoms with Crippen molar-refractivity contribution in [2.24, 2.45) is 5.92 Å². The molecule has 1 aromatic heterocycles. The van der Waals surface area contributed by atoms with Gasteiger partial charge in [0.1, 0.15) is 23.7 Å². The SMILES string of the molecule is CSCCC(NC(=O)c1ccc(C(OCCC2CCCCC2)c2ccc(-c3ccc(Cl)cc3)o2)cc1-c1ccccc1C)C(=O)O.[H-].[Li+]. The minimum atomic E-state index is -1.04. The van der Waals surface area contributed by atoms with Crippen molar-refractivity contribution in [2.75, 3.05) is 18.6 Å². The van der Waals surface area contributed by atoms with Crippen LogP contribution in [0.3, 0.4) is 0 Å². The van der Waals surface area contributed by atoms with E-state index in [1.165, 1.54) is 32.1 Å². The summed E-state index contributed by atoms with van der Waals surface area (Å²) in [4.78, 5) is 25.6. The van der Waals surface area contributed by atoms with Gasteiger partial charge in [0.25, 0.3) is 5.91 Å². The van der Waals surface area contributed by atoms with Gasteiger partial charge in [-0.05, 0) is 108 Å². The van der Waals surface area contributed by atoms with Crippen LogP contribution in [0, 0.1) is 12.8 Å². The first-order valence-corrected chi connectivity index (χ1v) is 17.8. The summed E-state index contributed by atoms with van der Waals surface area (Å²) in [5.41, 5.74) is 4.80. The van der Waals surface area contributed by atoms with Gasteiger partial charge in [-0.25, -0.2) is 4.79 Å².